The van der Waals surface area contributed by atoms with Gasteiger partial charge in [-0.2, -0.15) is 9.37 Å². The van der Waals surface area contributed by atoms with Crippen molar-refractivity contribution >= 4 is 5.82 Å². The number of hydrogen-bond donors (Lipinski definition) is 1. The molecule has 0 amide bonds. The molecule has 1 N–H and O–H groups in total. The molecule has 1 aliphatic rings. The smallest absolute Gasteiger partial charge is 0.251 e. The van der Waals surface area contributed by atoms with Gasteiger partial charge >= 0.3 is 0 Å². The minimum absolute atomic E-state index is 0.220. The van der Waals surface area contributed by atoms with Crippen molar-refractivity contribution in [2.24, 2.45) is 5.92 Å². The number of likely N-dealkylation sites (tertiary alicyclic amines) is 1. The zero-order valence-electron chi connectivity index (χ0n) is 11.1. The van der Waals surface area contributed by atoms with Crippen LogP contribution in [0.2, 0.25) is 0 Å². The van der Waals surface area contributed by atoms with Gasteiger partial charge in [-0.25, -0.2) is 8.78 Å². The highest BCUT2D eigenvalue weighted by molar-refractivity contribution is 5.36. The zero-order valence-corrected chi connectivity index (χ0v) is 11.1. The van der Waals surface area contributed by atoms with E-state index in [-0.39, 0.29) is 5.82 Å². The number of nitrogens with zero attached hydrogens (tertiary/aromatic N) is 2. The molecule has 0 bridgehead atoms. The first-order valence-corrected chi connectivity index (χ1v) is 6.47. The van der Waals surface area contributed by atoms with E-state index in [0.29, 0.717) is 24.6 Å². The zero-order chi connectivity index (χ0) is 14.0. The lowest BCUT2D eigenvalue weighted by Gasteiger charge is -2.20. The number of rotatable bonds is 4. The van der Waals surface area contributed by atoms with Gasteiger partial charge in [0.05, 0.1) is 0 Å². The van der Waals surface area contributed by atoms with Crippen molar-refractivity contribution in [2.45, 2.75) is 26.3 Å². The van der Waals surface area contributed by atoms with E-state index in [1.54, 1.807) is 0 Å². The van der Waals surface area contributed by atoms with Gasteiger partial charge in [0.15, 0.2) is 17.5 Å². The molecule has 1 atom stereocenters. The van der Waals surface area contributed by atoms with Crippen LogP contribution in [-0.4, -0.2) is 35.6 Å². The topological polar surface area (TPSA) is 28.2 Å². The van der Waals surface area contributed by atoms with E-state index >= 15 is 0 Å². The molecule has 0 saturated carbocycles. The highest BCUT2D eigenvalue weighted by Crippen LogP contribution is 2.20. The maximum atomic E-state index is 13.4. The van der Waals surface area contributed by atoms with Gasteiger partial charge in [-0.15, -0.1) is 0 Å². The average molecular weight is 273 g/mol. The molecule has 1 fully saturated rings. The molecule has 1 unspecified atom stereocenters. The van der Waals surface area contributed by atoms with E-state index in [1.807, 2.05) is 0 Å². The Balaban J connectivity index is 1.91. The Kier molecular flexibility index (Phi) is 4.29. The third-order valence-corrected chi connectivity index (χ3v) is 3.49. The molecule has 1 aliphatic heterocycles. The summed E-state index contributed by atoms with van der Waals surface area (Å²) in [6.45, 7) is 6.71. The van der Waals surface area contributed by atoms with Gasteiger partial charge in [0.1, 0.15) is 0 Å². The summed E-state index contributed by atoms with van der Waals surface area (Å²) in [6, 6.07) is 1.00. The summed E-state index contributed by atoms with van der Waals surface area (Å²) in [5.41, 5.74) is 0. The molecular formula is C13H18F3N3. The maximum Gasteiger partial charge on any atom is 0.251 e. The quantitative estimate of drug-likeness (QED) is 0.855. The molecule has 6 heteroatoms. The lowest BCUT2D eigenvalue weighted by Crippen LogP contribution is -2.29. The minimum atomic E-state index is -1.28. The number of aromatic nitrogens is 1. The molecule has 19 heavy (non-hydrogen) atoms. The molecule has 0 spiro atoms. The van der Waals surface area contributed by atoms with Gasteiger partial charge < -0.3 is 10.2 Å². The summed E-state index contributed by atoms with van der Waals surface area (Å²) in [5, 5.41) is 2.76. The van der Waals surface area contributed by atoms with Crippen LogP contribution in [0.5, 0.6) is 0 Å². The molecule has 1 aromatic rings. The number of halogens is 3. The van der Waals surface area contributed by atoms with Crippen LogP contribution in [0, 0.1) is 23.5 Å². The number of anilines is 1. The Morgan fingerprint density at radius 2 is 2.11 bits per heavy atom. The Hall–Kier alpha value is -1.30. The standard InChI is InChI=1S/C13H18F3N3/c1-8(2)19-4-3-9(7-19)6-17-13-11(15)5-10(14)12(16)18-13/h5,8-9H,3-4,6-7H2,1-2H3,(H,17,18). The summed E-state index contributed by atoms with van der Waals surface area (Å²) in [5.74, 6) is -3.26. The predicted octanol–water partition coefficient (Wildman–Crippen LogP) is 2.64. The van der Waals surface area contributed by atoms with Crippen LogP contribution in [0.25, 0.3) is 0 Å². The molecule has 2 rings (SSSR count). The van der Waals surface area contributed by atoms with Crippen LogP contribution in [0.15, 0.2) is 6.07 Å². The van der Waals surface area contributed by atoms with Crippen LogP contribution in [0.3, 0.4) is 0 Å². The molecule has 106 valence electrons. The van der Waals surface area contributed by atoms with Gasteiger partial charge in [-0.1, -0.05) is 0 Å². The molecule has 1 saturated heterocycles. The fourth-order valence-electron chi connectivity index (χ4n) is 2.31. The monoisotopic (exact) mass is 273 g/mol. The molecular weight excluding hydrogens is 255 g/mol. The molecule has 1 aromatic heterocycles. The van der Waals surface area contributed by atoms with Crippen LogP contribution in [0.4, 0.5) is 19.0 Å². The second-order valence-electron chi connectivity index (χ2n) is 5.22. The SMILES string of the molecule is CC(C)N1CCC(CNc2nc(F)c(F)cc2F)C1. The van der Waals surface area contributed by atoms with Crippen molar-refractivity contribution in [3.63, 3.8) is 0 Å². The predicted molar refractivity (Wildman–Crippen MR) is 67.4 cm³/mol. The lowest BCUT2D eigenvalue weighted by molar-refractivity contribution is 0.266. The van der Waals surface area contributed by atoms with Gasteiger partial charge in [0.25, 0.3) is 5.95 Å². The van der Waals surface area contributed by atoms with E-state index in [4.69, 9.17) is 0 Å². The summed E-state index contributed by atoms with van der Waals surface area (Å²) < 4.78 is 39.0. The Morgan fingerprint density at radius 3 is 2.74 bits per heavy atom. The maximum absolute atomic E-state index is 13.4. The number of nitrogens with one attached hydrogen (secondary N) is 1. The number of pyridine rings is 1. The fourth-order valence-corrected chi connectivity index (χ4v) is 2.31. The Morgan fingerprint density at radius 1 is 1.37 bits per heavy atom. The summed E-state index contributed by atoms with van der Waals surface area (Å²) in [4.78, 5) is 5.58. The Bertz CT molecular complexity index is 451. The van der Waals surface area contributed by atoms with E-state index in [9.17, 15) is 13.2 Å². The highest BCUT2D eigenvalue weighted by Gasteiger charge is 2.24. The Labute approximate surface area is 110 Å². The summed E-state index contributed by atoms with van der Waals surface area (Å²) in [6.07, 6.45) is 1.01. The average Bonchev–Trinajstić information content (AvgIpc) is 2.81. The minimum Gasteiger partial charge on any atom is -0.367 e. The first-order chi connectivity index (χ1) is 8.97. The van der Waals surface area contributed by atoms with Crippen molar-refractivity contribution in [3.05, 3.63) is 23.6 Å². The van der Waals surface area contributed by atoms with E-state index < -0.39 is 17.6 Å². The van der Waals surface area contributed by atoms with Crippen LogP contribution >= 0.6 is 0 Å². The van der Waals surface area contributed by atoms with Gasteiger partial charge in [-0.05, 0) is 32.7 Å². The van der Waals surface area contributed by atoms with Crippen LogP contribution in [0.1, 0.15) is 20.3 Å². The van der Waals surface area contributed by atoms with Crippen molar-refractivity contribution in [1.29, 1.82) is 0 Å². The molecule has 0 radical (unpaired) electrons. The molecule has 0 aliphatic carbocycles. The van der Waals surface area contributed by atoms with Crippen LogP contribution in [-0.2, 0) is 0 Å². The van der Waals surface area contributed by atoms with E-state index in [1.165, 1.54) is 0 Å². The van der Waals surface area contributed by atoms with Crippen molar-refractivity contribution in [1.82, 2.24) is 9.88 Å². The summed E-state index contributed by atoms with van der Waals surface area (Å²) in [7, 11) is 0. The highest BCUT2D eigenvalue weighted by atomic mass is 19.2. The molecule has 2 heterocycles. The lowest BCUT2D eigenvalue weighted by atomic mass is 10.1. The second kappa shape index (κ2) is 5.77. The molecule has 3 nitrogen and oxygen atoms in total. The van der Waals surface area contributed by atoms with Gasteiger partial charge in [-0.3, -0.25) is 0 Å². The first kappa shape index (κ1) is 14.1. The number of hydrogen-bond acceptors (Lipinski definition) is 3. The fraction of sp³-hybridized carbons (Fsp3) is 0.615. The molecule has 0 aromatic carbocycles. The van der Waals surface area contributed by atoms with E-state index in [2.05, 4.69) is 29.0 Å². The second-order valence-corrected chi connectivity index (χ2v) is 5.22. The van der Waals surface area contributed by atoms with Gasteiger partial charge in [0.2, 0.25) is 0 Å². The van der Waals surface area contributed by atoms with Crippen molar-refractivity contribution < 1.29 is 13.2 Å². The summed E-state index contributed by atoms with van der Waals surface area (Å²) >= 11 is 0. The third-order valence-electron chi connectivity index (χ3n) is 3.49. The first-order valence-electron chi connectivity index (χ1n) is 6.47. The van der Waals surface area contributed by atoms with Crippen LogP contribution < -0.4 is 5.32 Å². The van der Waals surface area contributed by atoms with E-state index in [0.717, 1.165) is 19.5 Å². The normalized spacial score (nSPS) is 20.2. The van der Waals surface area contributed by atoms with Crippen molar-refractivity contribution in [2.75, 3.05) is 25.0 Å². The largest absolute Gasteiger partial charge is 0.367 e. The van der Waals surface area contributed by atoms with Gasteiger partial charge in [0, 0.05) is 25.2 Å². The third kappa shape index (κ3) is 3.37. The van der Waals surface area contributed by atoms with Crippen molar-refractivity contribution in [3.8, 4) is 0 Å².